The summed E-state index contributed by atoms with van der Waals surface area (Å²) in [5.74, 6) is 0. The second kappa shape index (κ2) is 4.83. The largest absolute Gasteiger partial charge is 0.347 e. The van der Waals surface area contributed by atoms with Crippen molar-refractivity contribution in [2.75, 3.05) is 32.7 Å². The highest BCUT2D eigenvalue weighted by Gasteiger charge is 2.36. The molecule has 2 fully saturated rings. The highest BCUT2D eigenvalue weighted by Crippen LogP contribution is 2.37. The smallest absolute Gasteiger partial charge is 0.0566 e. The van der Waals surface area contributed by atoms with Gasteiger partial charge in [-0.3, -0.25) is 4.90 Å². The van der Waals surface area contributed by atoms with Crippen LogP contribution in [0.4, 0.5) is 0 Å². The van der Waals surface area contributed by atoms with E-state index in [0.29, 0.717) is 5.54 Å². The van der Waals surface area contributed by atoms with Gasteiger partial charge in [-0.2, -0.15) is 0 Å². The molecule has 2 heterocycles. The number of hydrogen-bond acceptors (Lipinski definition) is 2. The molecule has 1 aliphatic carbocycles. The van der Waals surface area contributed by atoms with E-state index in [1.807, 2.05) is 0 Å². The van der Waals surface area contributed by atoms with Gasteiger partial charge in [-0.1, -0.05) is 12.8 Å². The van der Waals surface area contributed by atoms with E-state index in [1.54, 1.807) is 0 Å². The highest BCUT2D eigenvalue weighted by atomic mass is 15.2. The van der Waals surface area contributed by atoms with Crippen LogP contribution in [0, 0.1) is 0 Å². The lowest BCUT2D eigenvalue weighted by molar-refractivity contribution is 0.142. The minimum atomic E-state index is 0.390. The van der Waals surface area contributed by atoms with Crippen LogP contribution >= 0.6 is 0 Å². The summed E-state index contributed by atoms with van der Waals surface area (Å²) in [5, 5.41) is 3.44. The van der Waals surface area contributed by atoms with E-state index in [1.165, 1.54) is 45.3 Å². The van der Waals surface area contributed by atoms with Crippen LogP contribution in [0.3, 0.4) is 0 Å². The first-order valence-corrected chi connectivity index (χ1v) is 6.96. The third-order valence-electron chi connectivity index (χ3n) is 4.41. The maximum atomic E-state index is 3.44. The summed E-state index contributed by atoms with van der Waals surface area (Å²) in [6, 6.07) is 4.33. The second-order valence-corrected chi connectivity index (χ2v) is 5.55. The van der Waals surface area contributed by atoms with Gasteiger partial charge in [-0.05, 0) is 25.0 Å². The summed E-state index contributed by atoms with van der Waals surface area (Å²) < 4.78 is 2.47. The van der Waals surface area contributed by atoms with E-state index in [2.05, 4.69) is 39.3 Å². The van der Waals surface area contributed by atoms with Gasteiger partial charge < -0.3 is 9.88 Å². The summed E-state index contributed by atoms with van der Waals surface area (Å²) >= 11 is 0. The Morgan fingerprint density at radius 3 is 2.29 bits per heavy atom. The van der Waals surface area contributed by atoms with Gasteiger partial charge in [0.15, 0.2) is 0 Å². The lowest BCUT2D eigenvalue weighted by Gasteiger charge is -2.38. The first-order chi connectivity index (χ1) is 8.39. The van der Waals surface area contributed by atoms with Gasteiger partial charge in [0, 0.05) is 45.1 Å². The summed E-state index contributed by atoms with van der Waals surface area (Å²) in [6.45, 7) is 5.97. The lowest BCUT2D eigenvalue weighted by atomic mass is 9.96. The van der Waals surface area contributed by atoms with Crippen molar-refractivity contribution in [3.8, 4) is 0 Å². The van der Waals surface area contributed by atoms with Gasteiger partial charge in [-0.25, -0.2) is 0 Å². The number of piperazine rings is 1. The maximum absolute atomic E-state index is 3.44. The van der Waals surface area contributed by atoms with Crippen LogP contribution in [-0.4, -0.2) is 42.2 Å². The van der Waals surface area contributed by atoms with Crippen molar-refractivity contribution in [1.29, 1.82) is 0 Å². The first kappa shape index (κ1) is 11.3. The van der Waals surface area contributed by atoms with Crippen LogP contribution in [0.1, 0.15) is 25.7 Å². The molecule has 94 valence electrons. The van der Waals surface area contributed by atoms with Gasteiger partial charge in [0.1, 0.15) is 0 Å². The predicted molar refractivity (Wildman–Crippen MR) is 70.2 cm³/mol. The van der Waals surface area contributed by atoms with Gasteiger partial charge >= 0.3 is 0 Å². The second-order valence-electron chi connectivity index (χ2n) is 5.55. The Bertz CT molecular complexity index is 332. The summed E-state index contributed by atoms with van der Waals surface area (Å²) in [6.07, 6.45) is 10.0. The van der Waals surface area contributed by atoms with Crippen LogP contribution in [0.5, 0.6) is 0 Å². The van der Waals surface area contributed by atoms with Crippen LogP contribution in [0.25, 0.3) is 0 Å². The number of aromatic nitrogens is 1. The summed E-state index contributed by atoms with van der Waals surface area (Å²) in [4.78, 5) is 2.64. The zero-order valence-corrected chi connectivity index (χ0v) is 10.6. The summed E-state index contributed by atoms with van der Waals surface area (Å²) in [7, 11) is 0. The lowest BCUT2D eigenvalue weighted by Crippen LogP contribution is -2.50. The minimum absolute atomic E-state index is 0.390. The predicted octanol–water partition coefficient (Wildman–Crippen LogP) is 1.66. The Morgan fingerprint density at radius 2 is 1.65 bits per heavy atom. The molecule has 0 atom stereocenters. The first-order valence-electron chi connectivity index (χ1n) is 6.96. The standard InChI is InChI=1S/C14H23N3/c1-2-6-14(5-1,17-9-3-4-10-17)13-16-11-7-15-8-12-16/h3-4,9-10,15H,1-2,5-8,11-13H2. The number of nitrogens with one attached hydrogen (secondary N) is 1. The van der Waals surface area contributed by atoms with Gasteiger partial charge in [0.25, 0.3) is 0 Å². The van der Waals surface area contributed by atoms with Crippen molar-refractivity contribution in [3.63, 3.8) is 0 Å². The normalized spacial score (nSPS) is 25.2. The van der Waals surface area contributed by atoms with Crippen LogP contribution in [-0.2, 0) is 5.54 Å². The van der Waals surface area contributed by atoms with Gasteiger partial charge in [0.2, 0.25) is 0 Å². The molecular weight excluding hydrogens is 210 g/mol. The van der Waals surface area contributed by atoms with Crippen molar-refractivity contribution >= 4 is 0 Å². The molecule has 1 saturated heterocycles. The van der Waals surface area contributed by atoms with E-state index in [0.717, 1.165) is 13.1 Å². The minimum Gasteiger partial charge on any atom is -0.347 e. The number of nitrogens with zero attached hydrogens (tertiary/aromatic N) is 2. The fourth-order valence-corrected chi connectivity index (χ4v) is 3.47. The Labute approximate surface area is 104 Å². The highest BCUT2D eigenvalue weighted by molar-refractivity contribution is 5.02. The summed E-state index contributed by atoms with van der Waals surface area (Å²) in [5.41, 5.74) is 0.390. The van der Waals surface area contributed by atoms with Gasteiger partial charge in [0.05, 0.1) is 5.54 Å². The van der Waals surface area contributed by atoms with Crippen LogP contribution < -0.4 is 5.32 Å². The Hall–Kier alpha value is -0.800. The molecule has 0 radical (unpaired) electrons. The Morgan fingerprint density at radius 1 is 1.00 bits per heavy atom. The molecule has 1 saturated carbocycles. The van der Waals surface area contributed by atoms with Crippen LogP contribution in [0.2, 0.25) is 0 Å². The molecule has 0 unspecified atom stereocenters. The molecule has 17 heavy (non-hydrogen) atoms. The SMILES string of the molecule is c1ccn(C2(CN3CCNCC3)CCCC2)c1. The third-order valence-corrected chi connectivity index (χ3v) is 4.41. The number of hydrogen-bond donors (Lipinski definition) is 1. The quantitative estimate of drug-likeness (QED) is 0.857. The number of rotatable bonds is 3. The van der Waals surface area contributed by atoms with E-state index >= 15 is 0 Å². The maximum Gasteiger partial charge on any atom is 0.0566 e. The molecule has 1 aliphatic heterocycles. The molecule has 0 spiro atoms. The monoisotopic (exact) mass is 233 g/mol. The van der Waals surface area contributed by atoms with Crippen molar-refractivity contribution in [1.82, 2.24) is 14.8 Å². The van der Waals surface area contributed by atoms with Crippen LogP contribution in [0.15, 0.2) is 24.5 Å². The van der Waals surface area contributed by atoms with Crippen molar-refractivity contribution in [3.05, 3.63) is 24.5 Å². The Balaban J connectivity index is 1.75. The molecule has 1 aromatic rings. The molecule has 1 N–H and O–H groups in total. The fourth-order valence-electron chi connectivity index (χ4n) is 3.47. The molecular formula is C14H23N3. The molecule has 3 heteroatoms. The van der Waals surface area contributed by atoms with Crippen molar-refractivity contribution < 1.29 is 0 Å². The fraction of sp³-hybridized carbons (Fsp3) is 0.714. The van der Waals surface area contributed by atoms with E-state index in [9.17, 15) is 0 Å². The molecule has 0 aromatic carbocycles. The average Bonchev–Trinajstić information content (AvgIpc) is 3.01. The van der Waals surface area contributed by atoms with E-state index < -0.39 is 0 Å². The van der Waals surface area contributed by atoms with Crippen molar-refractivity contribution in [2.24, 2.45) is 0 Å². The molecule has 2 aliphatic rings. The third kappa shape index (κ3) is 2.26. The molecule has 1 aromatic heterocycles. The zero-order chi connectivity index (χ0) is 11.6. The average molecular weight is 233 g/mol. The molecule has 3 rings (SSSR count). The van der Waals surface area contributed by atoms with Gasteiger partial charge in [-0.15, -0.1) is 0 Å². The van der Waals surface area contributed by atoms with E-state index in [-0.39, 0.29) is 0 Å². The van der Waals surface area contributed by atoms with E-state index in [4.69, 9.17) is 0 Å². The van der Waals surface area contributed by atoms with Crippen molar-refractivity contribution in [2.45, 2.75) is 31.2 Å². The molecule has 3 nitrogen and oxygen atoms in total. The molecule has 0 bridgehead atoms. The topological polar surface area (TPSA) is 20.2 Å². The Kier molecular flexibility index (Phi) is 3.21. The molecule has 0 amide bonds. The zero-order valence-electron chi connectivity index (χ0n) is 10.6.